The number of esters is 1. The lowest BCUT2D eigenvalue weighted by Gasteiger charge is -2.17. The summed E-state index contributed by atoms with van der Waals surface area (Å²) >= 11 is 0. The lowest BCUT2D eigenvalue weighted by Crippen LogP contribution is -2.29. The predicted molar refractivity (Wildman–Crippen MR) is 68.8 cm³/mol. The van der Waals surface area contributed by atoms with Crippen molar-refractivity contribution in [2.45, 2.75) is 26.8 Å². The minimum atomic E-state index is -0.172. The molecule has 2 atom stereocenters. The first-order valence-corrected chi connectivity index (χ1v) is 5.92. The summed E-state index contributed by atoms with van der Waals surface area (Å²) < 4.78 is 4.69. The molecular formula is C14H21NO2. The maximum absolute atomic E-state index is 11.3. The Labute approximate surface area is 103 Å². The molecule has 0 amide bonds. The number of benzene rings is 1. The van der Waals surface area contributed by atoms with Gasteiger partial charge in [0.2, 0.25) is 0 Å². The Morgan fingerprint density at radius 3 is 2.71 bits per heavy atom. The molecule has 0 fully saturated rings. The van der Waals surface area contributed by atoms with Gasteiger partial charge in [-0.25, -0.2) is 0 Å². The Balaban J connectivity index is 2.50. The standard InChI is InChI=1S/C14H21NO2/c1-10-6-5-7-13(8-10)12(3)15-9-11(2)14(16)17-4/h5-8,11-12,15H,9H2,1-4H3/t11?,12-/m0/s1. The smallest absolute Gasteiger partial charge is 0.309 e. The van der Waals surface area contributed by atoms with Crippen LogP contribution in [0.3, 0.4) is 0 Å². The maximum atomic E-state index is 11.3. The third-order valence-electron chi connectivity index (χ3n) is 2.88. The highest BCUT2D eigenvalue weighted by molar-refractivity contribution is 5.72. The van der Waals surface area contributed by atoms with Crippen LogP contribution in [-0.2, 0) is 9.53 Å². The number of carbonyl (C=O) groups is 1. The third-order valence-corrected chi connectivity index (χ3v) is 2.88. The highest BCUT2D eigenvalue weighted by Crippen LogP contribution is 2.14. The molecule has 0 aliphatic heterocycles. The van der Waals surface area contributed by atoms with E-state index in [1.165, 1.54) is 18.2 Å². The van der Waals surface area contributed by atoms with E-state index in [0.717, 1.165) is 0 Å². The zero-order valence-electron chi connectivity index (χ0n) is 11.0. The van der Waals surface area contributed by atoms with Crippen molar-refractivity contribution in [3.63, 3.8) is 0 Å². The van der Waals surface area contributed by atoms with Crippen LogP contribution in [0.15, 0.2) is 24.3 Å². The van der Waals surface area contributed by atoms with Gasteiger partial charge >= 0.3 is 5.97 Å². The zero-order valence-corrected chi connectivity index (χ0v) is 11.0. The van der Waals surface area contributed by atoms with Gasteiger partial charge in [0.25, 0.3) is 0 Å². The number of carbonyl (C=O) groups excluding carboxylic acids is 1. The van der Waals surface area contributed by atoms with Crippen molar-refractivity contribution in [2.75, 3.05) is 13.7 Å². The Bertz CT molecular complexity index is 376. The molecule has 1 aromatic rings. The number of ether oxygens (including phenoxy) is 1. The van der Waals surface area contributed by atoms with Crippen molar-refractivity contribution in [3.8, 4) is 0 Å². The predicted octanol–water partition coefficient (Wildman–Crippen LogP) is 2.45. The highest BCUT2D eigenvalue weighted by atomic mass is 16.5. The van der Waals surface area contributed by atoms with E-state index >= 15 is 0 Å². The van der Waals surface area contributed by atoms with Gasteiger partial charge in [-0.2, -0.15) is 0 Å². The van der Waals surface area contributed by atoms with Gasteiger partial charge in [-0.1, -0.05) is 36.8 Å². The molecule has 0 radical (unpaired) electrons. The molecule has 0 saturated heterocycles. The van der Waals surface area contributed by atoms with Crippen LogP contribution in [0.2, 0.25) is 0 Å². The van der Waals surface area contributed by atoms with Crippen LogP contribution in [0.4, 0.5) is 0 Å². The fourth-order valence-corrected chi connectivity index (χ4v) is 1.70. The van der Waals surface area contributed by atoms with Crippen molar-refractivity contribution < 1.29 is 9.53 Å². The number of nitrogens with one attached hydrogen (secondary N) is 1. The summed E-state index contributed by atoms with van der Waals surface area (Å²) in [6, 6.07) is 8.61. The summed E-state index contributed by atoms with van der Waals surface area (Å²) in [6.45, 7) is 6.66. The first kappa shape index (κ1) is 13.7. The molecule has 0 heterocycles. The van der Waals surface area contributed by atoms with Gasteiger partial charge in [-0.05, 0) is 19.4 Å². The van der Waals surface area contributed by atoms with Crippen molar-refractivity contribution in [3.05, 3.63) is 35.4 Å². The fraction of sp³-hybridized carbons (Fsp3) is 0.500. The second-order valence-electron chi connectivity index (χ2n) is 4.47. The summed E-state index contributed by atoms with van der Waals surface area (Å²) in [5.74, 6) is -0.291. The third kappa shape index (κ3) is 4.19. The van der Waals surface area contributed by atoms with Crippen LogP contribution in [0.1, 0.15) is 31.0 Å². The van der Waals surface area contributed by atoms with E-state index in [4.69, 9.17) is 4.74 Å². The average Bonchev–Trinajstić information content (AvgIpc) is 2.34. The van der Waals surface area contributed by atoms with Gasteiger partial charge in [0.05, 0.1) is 13.0 Å². The molecule has 17 heavy (non-hydrogen) atoms. The summed E-state index contributed by atoms with van der Waals surface area (Å²) in [7, 11) is 1.42. The summed E-state index contributed by atoms with van der Waals surface area (Å²) in [6.07, 6.45) is 0. The Morgan fingerprint density at radius 2 is 2.12 bits per heavy atom. The van der Waals surface area contributed by atoms with E-state index in [1.807, 2.05) is 13.0 Å². The minimum Gasteiger partial charge on any atom is -0.469 e. The normalized spacial score (nSPS) is 14.1. The van der Waals surface area contributed by atoms with Crippen molar-refractivity contribution in [1.29, 1.82) is 0 Å². The summed E-state index contributed by atoms with van der Waals surface area (Å²) in [4.78, 5) is 11.3. The largest absolute Gasteiger partial charge is 0.469 e. The van der Waals surface area contributed by atoms with Crippen molar-refractivity contribution in [2.24, 2.45) is 5.92 Å². The van der Waals surface area contributed by atoms with Gasteiger partial charge in [-0.3, -0.25) is 4.79 Å². The maximum Gasteiger partial charge on any atom is 0.309 e. The Hall–Kier alpha value is -1.35. The van der Waals surface area contributed by atoms with E-state index in [0.29, 0.717) is 6.54 Å². The number of hydrogen-bond donors (Lipinski definition) is 1. The van der Waals surface area contributed by atoms with Crippen LogP contribution >= 0.6 is 0 Å². The summed E-state index contributed by atoms with van der Waals surface area (Å²) in [5.41, 5.74) is 2.49. The highest BCUT2D eigenvalue weighted by Gasteiger charge is 2.14. The molecule has 1 unspecified atom stereocenters. The van der Waals surface area contributed by atoms with E-state index in [2.05, 4.69) is 37.4 Å². The Morgan fingerprint density at radius 1 is 1.41 bits per heavy atom. The van der Waals surface area contributed by atoms with E-state index in [9.17, 15) is 4.79 Å². The molecule has 3 heteroatoms. The lowest BCUT2D eigenvalue weighted by molar-refractivity contribution is -0.144. The van der Waals surface area contributed by atoms with Crippen LogP contribution < -0.4 is 5.32 Å². The fourth-order valence-electron chi connectivity index (χ4n) is 1.70. The van der Waals surface area contributed by atoms with Gasteiger partial charge in [0.1, 0.15) is 0 Å². The molecule has 0 spiro atoms. The number of hydrogen-bond acceptors (Lipinski definition) is 3. The van der Waals surface area contributed by atoms with Crippen LogP contribution in [-0.4, -0.2) is 19.6 Å². The van der Waals surface area contributed by atoms with Gasteiger partial charge in [0, 0.05) is 12.6 Å². The molecule has 0 aliphatic rings. The van der Waals surface area contributed by atoms with Gasteiger partial charge < -0.3 is 10.1 Å². The summed E-state index contributed by atoms with van der Waals surface area (Å²) in [5, 5.41) is 3.34. The molecule has 94 valence electrons. The van der Waals surface area contributed by atoms with E-state index < -0.39 is 0 Å². The second-order valence-corrected chi connectivity index (χ2v) is 4.47. The molecule has 1 rings (SSSR count). The molecule has 3 nitrogen and oxygen atoms in total. The molecule has 0 aromatic heterocycles. The van der Waals surface area contributed by atoms with Gasteiger partial charge in [-0.15, -0.1) is 0 Å². The van der Waals surface area contributed by atoms with Crippen LogP contribution in [0.5, 0.6) is 0 Å². The zero-order chi connectivity index (χ0) is 12.8. The Kier molecular flexibility index (Phi) is 5.16. The molecule has 1 N–H and O–H groups in total. The molecule has 1 aromatic carbocycles. The number of methoxy groups -OCH3 is 1. The molecular weight excluding hydrogens is 214 g/mol. The first-order valence-electron chi connectivity index (χ1n) is 5.92. The van der Waals surface area contributed by atoms with E-state index in [1.54, 1.807) is 0 Å². The van der Waals surface area contributed by atoms with Crippen LogP contribution in [0.25, 0.3) is 0 Å². The van der Waals surface area contributed by atoms with E-state index in [-0.39, 0.29) is 17.9 Å². The monoisotopic (exact) mass is 235 g/mol. The first-order chi connectivity index (χ1) is 8.04. The minimum absolute atomic E-state index is 0.118. The molecule has 0 saturated carbocycles. The number of aryl methyl sites for hydroxylation is 1. The number of rotatable bonds is 5. The topological polar surface area (TPSA) is 38.3 Å². The molecule has 0 aliphatic carbocycles. The van der Waals surface area contributed by atoms with Crippen molar-refractivity contribution in [1.82, 2.24) is 5.32 Å². The van der Waals surface area contributed by atoms with Crippen LogP contribution in [0, 0.1) is 12.8 Å². The van der Waals surface area contributed by atoms with Gasteiger partial charge in [0.15, 0.2) is 0 Å². The van der Waals surface area contributed by atoms with Crippen molar-refractivity contribution >= 4 is 5.97 Å². The quantitative estimate of drug-likeness (QED) is 0.797. The lowest BCUT2D eigenvalue weighted by atomic mass is 10.1. The second kappa shape index (κ2) is 6.40. The average molecular weight is 235 g/mol. The molecule has 0 bridgehead atoms. The SMILES string of the molecule is COC(=O)C(C)CN[C@@H](C)c1cccc(C)c1.